The largest absolute Gasteiger partial charge is 0.460 e. The van der Waals surface area contributed by atoms with Gasteiger partial charge in [0.25, 0.3) is 0 Å². The zero-order valence-corrected chi connectivity index (χ0v) is 18.2. The summed E-state index contributed by atoms with van der Waals surface area (Å²) in [5.74, 6) is -0.655. The number of esters is 1. The molecule has 31 heavy (non-hydrogen) atoms. The standard InChI is InChI=1S/C23H23ClN4O3/c1-3-31-22(30)20-25-28(16-12-10-15(24)11-13-16)23-14-6-7-17(23)21(29)26(2)18-8-4-5-9-19(18)27(20)23/h4-5,8-13,17H,3,6-7,14H2,1-2H3/t17-,23-/m0/s1. The zero-order chi connectivity index (χ0) is 21.8. The summed E-state index contributed by atoms with van der Waals surface area (Å²) in [6, 6.07) is 15.0. The molecule has 1 aliphatic carbocycles. The smallest absolute Gasteiger partial charge is 0.376 e. The summed E-state index contributed by atoms with van der Waals surface area (Å²) < 4.78 is 5.38. The quantitative estimate of drug-likeness (QED) is 0.677. The van der Waals surface area contributed by atoms with E-state index < -0.39 is 11.6 Å². The fourth-order valence-electron chi connectivity index (χ4n) is 5.12. The van der Waals surface area contributed by atoms with E-state index in [2.05, 4.69) is 0 Å². The number of ether oxygens (including phenoxy) is 1. The van der Waals surface area contributed by atoms with Crippen molar-refractivity contribution in [2.45, 2.75) is 31.8 Å². The highest BCUT2D eigenvalue weighted by Crippen LogP contribution is 2.54. The maximum atomic E-state index is 13.6. The molecule has 2 heterocycles. The van der Waals surface area contributed by atoms with Gasteiger partial charge in [-0.15, -0.1) is 5.10 Å². The molecule has 3 aliphatic rings. The highest BCUT2D eigenvalue weighted by molar-refractivity contribution is 6.43. The van der Waals surface area contributed by atoms with Gasteiger partial charge >= 0.3 is 5.97 Å². The van der Waals surface area contributed by atoms with E-state index in [1.54, 1.807) is 31.0 Å². The van der Waals surface area contributed by atoms with Crippen LogP contribution in [0.5, 0.6) is 0 Å². The minimum Gasteiger partial charge on any atom is -0.460 e. The zero-order valence-electron chi connectivity index (χ0n) is 17.4. The van der Waals surface area contributed by atoms with Crippen LogP contribution in [0.15, 0.2) is 53.6 Å². The Morgan fingerprint density at radius 1 is 1.19 bits per heavy atom. The van der Waals surface area contributed by atoms with Gasteiger partial charge in [-0.2, -0.15) is 0 Å². The third-order valence-electron chi connectivity index (χ3n) is 6.40. The van der Waals surface area contributed by atoms with E-state index in [1.807, 2.05) is 46.3 Å². The fraction of sp³-hybridized carbons (Fsp3) is 0.348. The molecule has 0 bridgehead atoms. The van der Waals surface area contributed by atoms with Gasteiger partial charge in [0.2, 0.25) is 11.7 Å². The number of hydrogen-bond acceptors (Lipinski definition) is 6. The van der Waals surface area contributed by atoms with Crippen molar-refractivity contribution in [1.29, 1.82) is 0 Å². The van der Waals surface area contributed by atoms with E-state index in [0.717, 1.165) is 23.5 Å². The van der Waals surface area contributed by atoms with Gasteiger partial charge in [-0.25, -0.2) is 9.80 Å². The molecule has 0 unspecified atom stereocenters. The molecule has 1 amide bonds. The van der Waals surface area contributed by atoms with Gasteiger partial charge in [0.05, 0.1) is 29.6 Å². The van der Waals surface area contributed by atoms with Crippen molar-refractivity contribution in [1.82, 2.24) is 0 Å². The van der Waals surface area contributed by atoms with Crippen molar-refractivity contribution < 1.29 is 14.3 Å². The van der Waals surface area contributed by atoms with Gasteiger partial charge in [0.1, 0.15) is 0 Å². The van der Waals surface area contributed by atoms with Gasteiger partial charge in [-0.1, -0.05) is 23.7 Å². The fourth-order valence-corrected chi connectivity index (χ4v) is 5.25. The SMILES string of the molecule is CCOC(=O)C1=NN(c2ccc(Cl)cc2)[C@@]23CCC[C@H]2C(=O)N(C)c2ccccc2N13. The summed E-state index contributed by atoms with van der Waals surface area (Å²) in [6.07, 6.45) is 2.24. The first-order valence-corrected chi connectivity index (χ1v) is 10.8. The summed E-state index contributed by atoms with van der Waals surface area (Å²) in [5.41, 5.74) is 1.46. The van der Waals surface area contributed by atoms with E-state index in [9.17, 15) is 9.59 Å². The molecule has 2 aromatic rings. The van der Waals surface area contributed by atoms with Crippen LogP contribution >= 0.6 is 11.6 Å². The predicted octanol–water partition coefficient (Wildman–Crippen LogP) is 4.02. The molecule has 0 N–H and O–H groups in total. The molecule has 0 radical (unpaired) electrons. The normalized spacial score (nSPS) is 24.4. The Hall–Kier alpha value is -3.06. The molecular formula is C23H23ClN4O3. The second-order valence-corrected chi connectivity index (χ2v) is 8.41. The van der Waals surface area contributed by atoms with Crippen molar-refractivity contribution in [3.63, 3.8) is 0 Å². The number of amides is 1. The molecule has 2 aromatic carbocycles. The Bertz CT molecular complexity index is 1090. The van der Waals surface area contributed by atoms with E-state index in [0.29, 0.717) is 17.9 Å². The average molecular weight is 439 g/mol. The second-order valence-electron chi connectivity index (χ2n) is 7.98. The van der Waals surface area contributed by atoms with Crippen LogP contribution in [0, 0.1) is 5.92 Å². The molecule has 5 rings (SSSR count). The Balaban J connectivity index is 1.78. The maximum absolute atomic E-state index is 13.6. The Kier molecular flexibility index (Phi) is 4.66. The van der Waals surface area contributed by atoms with E-state index in [1.165, 1.54) is 0 Å². The monoisotopic (exact) mass is 438 g/mol. The van der Waals surface area contributed by atoms with Crippen molar-refractivity contribution >= 4 is 46.4 Å². The topological polar surface area (TPSA) is 65.5 Å². The lowest BCUT2D eigenvalue weighted by Gasteiger charge is -2.43. The van der Waals surface area contributed by atoms with Crippen LogP contribution in [0.25, 0.3) is 0 Å². The number of benzene rings is 2. The molecule has 0 aromatic heterocycles. The molecule has 2 atom stereocenters. The summed E-state index contributed by atoms with van der Waals surface area (Å²) in [7, 11) is 1.79. The van der Waals surface area contributed by atoms with Gasteiger partial charge in [0, 0.05) is 12.1 Å². The molecule has 1 spiro atoms. The summed E-state index contributed by atoms with van der Waals surface area (Å²) in [6.45, 7) is 2.01. The number of anilines is 3. The third-order valence-corrected chi connectivity index (χ3v) is 6.65. The molecule has 8 heteroatoms. The van der Waals surface area contributed by atoms with Gasteiger partial charge in [0.15, 0.2) is 5.66 Å². The molecule has 7 nitrogen and oxygen atoms in total. The number of hydrazone groups is 1. The second kappa shape index (κ2) is 7.27. The van der Waals surface area contributed by atoms with Gasteiger partial charge < -0.3 is 9.64 Å². The number of nitrogens with zero attached hydrogens (tertiary/aromatic N) is 4. The van der Waals surface area contributed by atoms with Crippen LogP contribution in [0.4, 0.5) is 17.1 Å². The summed E-state index contributed by atoms with van der Waals surface area (Å²) in [5, 5.41) is 7.21. The van der Waals surface area contributed by atoms with Crippen LogP contribution in [-0.4, -0.2) is 37.0 Å². The first kappa shape index (κ1) is 19.9. The minimum atomic E-state index is -0.826. The Morgan fingerprint density at radius 2 is 1.90 bits per heavy atom. The van der Waals surface area contributed by atoms with Crippen molar-refractivity contribution in [3.8, 4) is 0 Å². The van der Waals surface area contributed by atoms with Crippen LogP contribution in [-0.2, 0) is 14.3 Å². The average Bonchev–Trinajstić information content (AvgIpc) is 3.34. The number of para-hydroxylation sites is 2. The summed E-state index contributed by atoms with van der Waals surface area (Å²) >= 11 is 6.12. The predicted molar refractivity (Wildman–Crippen MR) is 120 cm³/mol. The molecule has 160 valence electrons. The van der Waals surface area contributed by atoms with Crippen molar-refractivity contribution in [2.75, 3.05) is 28.5 Å². The number of hydrogen-bond donors (Lipinski definition) is 0. The molecular weight excluding hydrogens is 416 g/mol. The lowest BCUT2D eigenvalue weighted by Crippen LogP contribution is -2.61. The molecule has 1 saturated carbocycles. The summed E-state index contributed by atoms with van der Waals surface area (Å²) in [4.78, 5) is 30.3. The van der Waals surface area contributed by atoms with Crippen molar-refractivity contribution in [3.05, 3.63) is 53.6 Å². The highest BCUT2D eigenvalue weighted by Gasteiger charge is 2.63. The molecule has 2 aliphatic heterocycles. The molecule has 1 fully saturated rings. The third kappa shape index (κ3) is 2.76. The highest BCUT2D eigenvalue weighted by atomic mass is 35.5. The van der Waals surface area contributed by atoms with Gasteiger partial charge in [-0.05, 0) is 62.6 Å². The van der Waals surface area contributed by atoms with E-state index >= 15 is 0 Å². The number of amidine groups is 1. The first-order valence-electron chi connectivity index (χ1n) is 10.5. The van der Waals surface area contributed by atoms with Crippen LogP contribution in [0.3, 0.4) is 0 Å². The number of rotatable bonds is 3. The van der Waals surface area contributed by atoms with Crippen LogP contribution in [0.1, 0.15) is 26.2 Å². The number of halogens is 1. The number of carbonyl (C=O) groups is 2. The lowest BCUT2D eigenvalue weighted by atomic mass is 9.92. The van der Waals surface area contributed by atoms with Crippen LogP contribution < -0.4 is 14.8 Å². The lowest BCUT2D eigenvalue weighted by molar-refractivity contribution is -0.135. The van der Waals surface area contributed by atoms with Gasteiger partial charge in [-0.3, -0.25) is 9.69 Å². The Morgan fingerprint density at radius 3 is 2.61 bits per heavy atom. The van der Waals surface area contributed by atoms with E-state index in [-0.39, 0.29) is 24.3 Å². The first-order chi connectivity index (χ1) is 15.0. The number of fused-ring (bicyclic) bond motifs is 2. The van der Waals surface area contributed by atoms with E-state index in [4.69, 9.17) is 21.4 Å². The van der Waals surface area contributed by atoms with Crippen molar-refractivity contribution in [2.24, 2.45) is 11.0 Å². The van der Waals surface area contributed by atoms with Crippen LogP contribution in [0.2, 0.25) is 5.02 Å². The maximum Gasteiger partial charge on any atom is 0.376 e. The minimum absolute atomic E-state index is 0.0201. The number of carbonyl (C=O) groups excluding carboxylic acids is 2. The molecule has 0 saturated heterocycles. The Labute approximate surface area is 185 Å².